The topological polar surface area (TPSA) is 128 Å². The molecule has 0 amide bonds. The molecule has 4 unspecified atom stereocenters. The van der Waals surface area contributed by atoms with Crippen LogP contribution >= 0.6 is 23.2 Å². The number of rotatable bonds is 6. The first-order valence-electron chi connectivity index (χ1n) is 7.53. The molecule has 0 aromatic heterocycles. The van der Waals surface area contributed by atoms with Gasteiger partial charge in [0.1, 0.15) is 12.2 Å². The summed E-state index contributed by atoms with van der Waals surface area (Å²) in [6.07, 6.45) is -6.73. The van der Waals surface area contributed by atoms with Crippen molar-refractivity contribution in [1.29, 1.82) is 0 Å². The maximum atomic E-state index is 11.8. The van der Waals surface area contributed by atoms with Crippen molar-refractivity contribution in [3.05, 3.63) is 69.7 Å². The Morgan fingerprint density at radius 1 is 0.846 bits per heavy atom. The van der Waals surface area contributed by atoms with Crippen LogP contribution in [-0.4, -0.2) is 28.8 Å². The van der Waals surface area contributed by atoms with Crippen molar-refractivity contribution < 1.29 is 24.5 Å². The van der Waals surface area contributed by atoms with Crippen LogP contribution in [0.4, 0.5) is 4.79 Å². The number of nitrogens with two attached hydrogens (primary N) is 2. The second-order valence-electron chi connectivity index (χ2n) is 5.41. The summed E-state index contributed by atoms with van der Waals surface area (Å²) in [5.41, 5.74) is 12.0. The minimum atomic E-state index is -1.42. The van der Waals surface area contributed by atoms with Gasteiger partial charge in [-0.2, -0.15) is 0 Å². The number of benzene rings is 2. The number of aliphatic hydroxyl groups excluding tert-OH is 2. The van der Waals surface area contributed by atoms with Crippen LogP contribution in [0.15, 0.2) is 48.5 Å². The van der Waals surface area contributed by atoms with Gasteiger partial charge in [-0.1, -0.05) is 47.5 Å². The van der Waals surface area contributed by atoms with Gasteiger partial charge in [0, 0.05) is 10.0 Å². The van der Waals surface area contributed by atoms with Crippen molar-refractivity contribution in [2.75, 3.05) is 0 Å². The molecule has 2 aromatic carbocycles. The van der Waals surface area contributed by atoms with E-state index < -0.39 is 30.8 Å². The van der Waals surface area contributed by atoms with Crippen LogP contribution in [0, 0.1) is 0 Å². The number of ether oxygens (including phenoxy) is 2. The Labute approximate surface area is 160 Å². The number of halogens is 2. The van der Waals surface area contributed by atoms with Crippen molar-refractivity contribution in [3.8, 4) is 0 Å². The Morgan fingerprint density at radius 3 is 1.58 bits per heavy atom. The van der Waals surface area contributed by atoms with E-state index in [4.69, 9.17) is 44.1 Å². The lowest BCUT2D eigenvalue weighted by Crippen LogP contribution is -2.38. The molecule has 9 heteroatoms. The van der Waals surface area contributed by atoms with Crippen molar-refractivity contribution in [1.82, 2.24) is 0 Å². The van der Waals surface area contributed by atoms with Gasteiger partial charge < -0.3 is 19.7 Å². The summed E-state index contributed by atoms with van der Waals surface area (Å²) < 4.78 is 9.59. The lowest BCUT2D eigenvalue weighted by Gasteiger charge is -2.22. The van der Waals surface area contributed by atoms with E-state index in [0.29, 0.717) is 21.2 Å². The fourth-order valence-electron chi connectivity index (χ4n) is 2.14. The zero-order valence-corrected chi connectivity index (χ0v) is 15.0. The Bertz CT molecular complexity index is 700. The summed E-state index contributed by atoms with van der Waals surface area (Å²) in [6.45, 7) is 0. The van der Waals surface area contributed by atoms with E-state index in [0.717, 1.165) is 0 Å². The molecule has 0 heterocycles. The average Bonchev–Trinajstić information content (AvgIpc) is 2.60. The SMILES string of the molecule is NC(OC(=O)OC(N)C(O)c1cccc(Cl)c1)C(O)c1cccc(Cl)c1. The Morgan fingerprint density at radius 2 is 1.23 bits per heavy atom. The Hall–Kier alpha value is -1.87. The minimum absolute atomic E-state index is 0.362. The highest BCUT2D eigenvalue weighted by Crippen LogP contribution is 2.22. The highest BCUT2D eigenvalue weighted by atomic mass is 35.5. The van der Waals surface area contributed by atoms with E-state index in [1.165, 1.54) is 12.1 Å². The Kier molecular flexibility index (Phi) is 7.22. The van der Waals surface area contributed by atoms with Crippen LogP contribution in [0.5, 0.6) is 0 Å². The predicted molar refractivity (Wildman–Crippen MR) is 96.3 cm³/mol. The van der Waals surface area contributed by atoms with Gasteiger partial charge in [0.05, 0.1) is 0 Å². The van der Waals surface area contributed by atoms with E-state index in [1.54, 1.807) is 36.4 Å². The number of hydrogen-bond acceptors (Lipinski definition) is 7. The van der Waals surface area contributed by atoms with Gasteiger partial charge in [-0.3, -0.25) is 11.5 Å². The summed E-state index contributed by atoms with van der Waals surface area (Å²) in [5.74, 6) is 0. The van der Waals surface area contributed by atoms with Gasteiger partial charge in [-0.25, -0.2) is 4.79 Å². The standard InChI is InChI=1S/C17H18Cl2N2O5/c18-11-5-1-3-9(7-11)13(22)15(20)25-17(24)26-16(21)14(23)10-4-2-6-12(19)8-10/h1-8,13-16,22-23H,20-21H2. The quantitative estimate of drug-likeness (QED) is 0.432. The van der Waals surface area contributed by atoms with E-state index in [9.17, 15) is 15.0 Å². The smallest absolute Gasteiger partial charge is 0.412 e. The summed E-state index contributed by atoms with van der Waals surface area (Å²) in [6, 6.07) is 12.6. The molecule has 0 aliphatic rings. The third-order valence-corrected chi connectivity index (χ3v) is 3.94. The normalized spacial score (nSPS) is 15.6. The molecule has 4 atom stereocenters. The van der Waals surface area contributed by atoms with E-state index >= 15 is 0 Å². The van der Waals surface area contributed by atoms with Crippen LogP contribution in [0.2, 0.25) is 10.0 Å². The highest BCUT2D eigenvalue weighted by molar-refractivity contribution is 6.30. The molecule has 0 saturated carbocycles. The molecular weight excluding hydrogens is 383 g/mol. The molecule has 140 valence electrons. The van der Waals surface area contributed by atoms with Crippen LogP contribution in [0.25, 0.3) is 0 Å². The third-order valence-electron chi connectivity index (χ3n) is 3.47. The number of aliphatic hydroxyl groups is 2. The van der Waals surface area contributed by atoms with Gasteiger partial charge in [0.25, 0.3) is 0 Å². The molecule has 0 saturated heterocycles. The average molecular weight is 401 g/mol. The third kappa shape index (κ3) is 5.57. The molecule has 0 fully saturated rings. The molecule has 0 bridgehead atoms. The lowest BCUT2D eigenvalue weighted by atomic mass is 10.1. The number of hydrogen-bond donors (Lipinski definition) is 4. The first-order chi connectivity index (χ1) is 12.3. The maximum absolute atomic E-state index is 11.8. The van der Waals surface area contributed by atoms with Crippen LogP contribution in [-0.2, 0) is 9.47 Å². The first-order valence-corrected chi connectivity index (χ1v) is 8.29. The molecule has 2 aromatic rings. The first kappa shape index (κ1) is 20.4. The maximum Gasteiger partial charge on any atom is 0.511 e. The fourth-order valence-corrected chi connectivity index (χ4v) is 2.54. The molecule has 0 aliphatic heterocycles. The summed E-state index contributed by atoms with van der Waals surface area (Å²) in [4.78, 5) is 11.8. The molecule has 0 radical (unpaired) electrons. The van der Waals surface area contributed by atoms with Crippen molar-refractivity contribution in [2.45, 2.75) is 24.7 Å². The van der Waals surface area contributed by atoms with Gasteiger partial charge >= 0.3 is 6.16 Å². The summed E-state index contributed by atoms with van der Waals surface area (Å²) >= 11 is 11.7. The molecular formula is C17H18Cl2N2O5. The second kappa shape index (κ2) is 9.18. The predicted octanol–water partition coefficient (Wildman–Crippen LogP) is 2.48. The van der Waals surface area contributed by atoms with Crippen molar-refractivity contribution in [2.24, 2.45) is 11.5 Å². The summed E-state index contributed by atoms with van der Waals surface area (Å²) in [5, 5.41) is 21.0. The monoisotopic (exact) mass is 400 g/mol. The minimum Gasteiger partial charge on any atom is -0.412 e. The van der Waals surface area contributed by atoms with E-state index in [2.05, 4.69) is 0 Å². The number of carbonyl (C=O) groups excluding carboxylic acids is 1. The molecule has 0 aliphatic carbocycles. The van der Waals surface area contributed by atoms with Crippen molar-refractivity contribution >= 4 is 29.4 Å². The second-order valence-corrected chi connectivity index (χ2v) is 6.29. The molecule has 0 spiro atoms. The van der Waals surface area contributed by atoms with Crippen LogP contribution in [0.1, 0.15) is 23.3 Å². The van der Waals surface area contributed by atoms with E-state index in [-0.39, 0.29) is 0 Å². The fraction of sp³-hybridized carbons (Fsp3) is 0.235. The Balaban J connectivity index is 1.92. The van der Waals surface area contributed by atoms with Gasteiger partial charge in [0.15, 0.2) is 12.5 Å². The van der Waals surface area contributed by atoms with Gasteiger partial charge in [-0.15, -0.1) is 0 Å². The number of carbonyl (C=O) groups is 1. The van der Waals surface area contributed by atoms with Crippen LogP contribution in [0.3, 0.4) is 0 Å². The molecule has 26 heavy (non-hydrogen) atoms. The van der Waals surface area contributed by atoms with Gasteiger partial charge in [-0.05, 0) is 35.4 Å². The van der Waals surface area contributed by atoms with Crippen molar-refractivity contribution in [3.63, 3.8) is 0 Å². The zero-order valence-electron chi connectivity index (χ0n) is 13.5. The van der Waals surface area contributed by atoms with E-state index in [1.807, 2.05) is 0 Å². The molecule has 7 nitrogen and oxygen atoms in total. The zero-order chi connectivity index (χ0) is 19.3. The lowest BCUT2D eigenvalue weighted by molar-refractivity contribution is -0.0657. The highest BCUT2D eigenvalue weighted by Gasteiger charge is 2.26. The largest absolute Gasteiger partial charge is 0.511 e. The van der Waals surface area contributed by atoms with Gasteiger partial charge in [0.2, 0.25) is 0 Å². The van der Waals surface area contributed by atoms with Crippen LogP contribution < -0.4 is 11.5 Å². The molecule has 2 rings (SSSR count). The molecule has 6 N–H and O–H groups in total. The summed E-state index contributed by atoms with van der Waals surface area (Å²) in [7, 11) is 0.